The Morgan fingerprint density at radius 2 is 1.95 bits per heavy atom. The van der Waals surface area contributed by atoms with Gasteiger partial charge in [-0.15, -0.1) is 0 Å². The lowest BCUT2D eigenvalue weighted by molar-refractivity contribution is 0.0732. The summed E-state index contributed by atoms with van der Waals surface area (Å²) < 4.78 is 0. The van der Waals surface area contributed by atoms with Crippen LogP contribution in [0.15, 0.2) is 42.6 Å². The van der Waals surface area contributed by atoms with E-state index < -0.39 is 0 Å². The molecule has 1 saturated heterocycles. The van der Waals surface area contributed by atoms with Crippen molar-refractivity contribution in [3.8, 4) is 0 Å². The van der Waals surface area contributed by atoms with Crippen molar-refractivity contribution < 1.29 is 4.79 Å². The van der Waals surface area contributed by atoms with E-state index in [-0.39, 0.29) is 11.9 Å². The van der Waals surface area contributed by atoms with Crippen LogP contribution in [0.25, 0.3) is 0 Å². The average molecular weight is 280 g/mol. The number of likely N-dealkylation sites (tertiary alicyclic amines) is 1. The Balaban J connectivity index is 1.90. The van der Waals surface area contributed by atoms with Gasteiger partial charge in [-0.1, -0.05) is 23.3 Å². The van der Waals surface area contributed by atoms with Crippen LogP contribution in [-0.4, -0.2) is 22.3 Å². The summed E-state index contributed by atoms with van der Waals surface area (Å²) in [4.78, 5) is 19.2. The van der Waals surface area contributed by atoms with Crippen molar-refractivity contribution in [3.05, 3.63) is 65.0 Å². The Bertz CT molecular complexity index is 631. The van der Waals surface area contributed by atoms with Crippen molar-refractivity contribution in [3.63, 3.8) is 0 Å². The molecular formula is C18H20N2O. The molecule has 3 heteroatoms. The van der Waals surface area contributed by atoms with Gasteiger partial charge in [0.2, 0.25) is 0 Å². The molecule has 0 spiro atoms. The van der Waals surface area contributed by atoms with Gasteiger partial charge in [-0.2, -0.15) is 0 Å². The summed E-state index contributed by atoms with van der Waals surface area (Å²) in [7, 11) is 0. The fraction of sp³-hybridized carbons (Fsp3) is 0.333. The molecule has 1 aromatic heterocycles. The molecule has 1 aromatic carbocycles. The molecule has 1 unspecified atom stereocenters. The first kappa shape index (κ1) is 13.8. The van der Waals surface area contributed by atoms with E-state index in [0.717, 1.165) is 41.8 Å². The highest BCUT2D eigenvalue weighted by molar-refractivity contribution is 5.95. The second-order valence-electron chi connectivity index (χ2n) is 5.79. The molecule has 0 saturated carbocycles. The third-order valence-corrected chi connectivity index (χ3v) is 4.01. The lowest BCUT2D eigenvalue weighted by Gasteiger charge is -2.24. The van der Waals surface area contributed by atoms with Crippen LogP contribution in [-0.2, 0) is 0 Å². The Morgan fingerprint density at radius 1 is 1.19 bits per heavy atom. The number of nitrogens with zero attached hydrogens (tertiary/aromatic N) is 2. The lowest BCUT2D eigenvalue weighted by Crippen LogP contribution is -2.31. The van der Waals surface area contributed by atoms with E-state index in [1.807, 2.05) is 49.1 Å². The van der Waals surface area contributed by atoms with E-state index >= 15 is 0 Å². The summed E-state index contributed by atoms with van der Waals surface area (Å²) in [6.45, 7) is 4.88. The molecule has 0 bridgehead atoms. The fourth-order valence-corrected chi connectivity index (χ4v) is 3.15. The average Bonchev–Trinajstić information content (AvgIpc) is 2.95. The number of hydrogen-bond acceptors (Lipinski definition) is 2. The first-order valence-corrected chi connectivity index (χ1v) is 7.45. The standard InChI is InChI=1S/C18H20N2O/c1-13-10-14(2)12-15(11-13)18(21)20-9-5-7-17(20)16-6-3-4-8-19-16/h3-4,6,8,10-12,17H,5,7,9H2,1-2H3. The predicted molar refractivity (Wildman–Crippen MR) is 83.2 cm³/mol. The van der Waals surface area contributed by atoms with Crippen molar-refractivity contribution in [1.82, 2.24) is 9.88 Å². The minimum atomic E-state index is 0.111. The maximum absolute atomic E-state index is 12.8. The Kier molecular flexibility index (Phi) is 3.74. The SMILES string of the molecule is Cc1cc(C)cc(C(=O)N2CCCC2c2ccccn2)c1. The van der Waals surface area contributed by atoms with Crippen molar-refractivity contribution in [2.75, 3.05) is 6.54 Å². The van der Waals surface area contributed by atoms with Crippen LogP contribution in [0.3, 0.4) is 0 Å². The van der Waals surface area contributed by atoms with Crippen molar-refractivity contribution >= 4 is 5.91 Å². The number of amides is 1. The zero-order chi connectivity index (χ0) is 14.8. The van der Waals surface area contributed by atoms with Crippen LogP contribution in [0.1, 0.15) is 46.1 Å². The summed E-state index contributed by atoms with van der Waals surface area (Å²) in [5.41, 5.74) is 4.04. The first-order chi connectivity index (χ1) is 10.1. The normalized spacial score (nSPS) is 18.0. The van der Waals surface area contributed by atoms with Crippen LogP contribution in [0, 0.1) is 13.8 Å². The minimum Gasteiger partial charge on any atom is -0.330 e. The number of aromatic nitrogens is 1. The molecule has 2 aromatic rings. The third-order valence-electron chi connectivity index (χ3n) is 4.01. The van der Waals surface area contributed by atoms with Gasteiger partial charge in [0.25, 0.3) is 5.91 Å². The summed E-state index contributed by atoms with van der Waals surface area (Å²) in [5, 5.41) is 0. The van der Waals surface area contributed by atoms with E-state index in [1.165, 1.54) is 0 Å². The smallest absolute Gasteiger partial charge is 0.254 e. The number of rotatable bonds is 2. The van der Waals surface area contributed by atoms with Gasteiger partial charge in [-0.25, -0.2) is 0 Å². The first-order valence-electron chi connectivity index (χ1n) is 7.45. The van der Waals surface area contributed by atoms with E-state index in [1.54, 1.807) is 6.20 Å². The maximum Gasteiger partial charge on any atom is 0.254 e. The highest BCUT2D eigenvalue weighted by atomic mass is 16.2. The second kappa shape index (κ2) is 5.68. The summed E-state index contributed by atoms with van der Waals surface area (Å²) in [6.07, 6.45) is 3.83. The van der Waals surface area contributed by atoms with Crippen molar-refractivity contribution in [2.24, 2.45) is 0 Å². The number of pyridine rings is 1. The van der Waals surface area contributed by atoms with Gasteiger partial charge in [0.05, 0.1) is 11.7 Å². The molecule has 1 amide bonds. The Morgan fingerprint density at radius 3 is 2.62 bits per heavy atom. The number of benzene rings is 1. The number of aryl methyl sites for hydroxylation is 2. The van der Waals surface area contributed by atoms with Gasteiger partial charge in [0.1, 0.15) is 0 Å². The van der Waals surface area contributed by atoms with Gasteiger partial charge in [0.15, 0.2) is 0 Å². The zero-order valence-electron chi connectivity index (χ0n) is 12.5. The highest BCUT2D eigenvalue weighted by Crippen LogP contribution is 2.32. The number of carbonyl (C=O) groups is 1. The van der Waals surface area contributed by atoms with Crippen LogP contribution in [0.4, 0.5) is 0 Å². The summed E-state index contributed by atoms with van der Waals surface area (Å²) in [5.74, 6) is 0.120. The molecule has 1 fully saturated rings. The Hall–Kier alpha value is -2.16. The minimum absolute atomic E-state index is 0.111. The van der Waals surface area contributed by atoms with Crippen molar-refractivity contribution in [1.29, 1.82) is 0 Å². The lowest BCUT2D eigenvalue weighted by atomic mass is 10.1. The molecular weight excluding hydrogens is 260 g/mol. The van der Waals surface area contributed by atoms with Crippen LogP contribution >= 0.6 is 0 Å². The molecule has 0 radical (unpaired) electrons. The fourth-order valence-electron chi connectivity index (χ4n) is 3.15. The molecule has 3 rings (SSSR count). The van der Waals surface area contributed by atoms with E-state index in [2.05, 4.69) is 11.1 Å². The Labute approximate surface area is 125 Å². The zero-order valence-corrected chi connectivity index (χ0v) is 12.5. The summed E-state index contributed by atoms with van der Waals surface area (Å²) in [6, 6.07) is 12.1. The molecule has 2 heterocycles. The van der Waals surface area contributed by atoms with E-state index in [0.29, 0.717) is 0 Å². The second-order valence-corrected chi connectivity index (χ2v) is 5.79. The molecule has 108 valence electrons. The van der Waals surface area contributed by atoms with Crippen LogP contribution < -0.4 is 0 Å². The number of carbonyl (C=O) groups excluding carboxylic acids is 1. The molecule has 3 nitrogen and oxygen atoms in total. The van der Waals surface area contributed by atoms with Crippen LogP contribution in [0.2, 0.25) is 0 Å². The maximum atomic E-state index is 12.8. The molecule has 1 aliphatic rings. The van der Waals surface area contributed by atoms with Crippen LogP contribution in [0.5, 0.6) is 0 Å². The molecule has 1 aliphatic heterocycles. The van der Waals surface area contributed by atoms with Crippen molar-refractivity contribution in [2.45, 2.75) is 32.7 Å². The number of hydrogen-bond donors (Lipinski definition) is 0. The van der Waals surface area contributed by atoms with E-state index in [4.69, 9.17) is 0 Å². The van der Waals surface area contributed by atoms with Gasteiger partial charge in [-0.05, 0) is 51.0 Å². The van der Waals surface area contributed by atoms with Gasteiger partial charge in [0, 0.05) is 18.3 Å². The quantitative estimate of drug-likeness (QED) is 0.841. The largest absolute Gasteiger partial charge is 0.330 e. The van der Waals surface area contributed by atoms with Gasteiger partial charge >= 0.3 is 0 Å². The van der Waals surface area contributed by atoms with E-state index in [9.17, 15) is 4.79 Å². The highest BCUT2D eigenvalue weighted by Gasteiger charge is 2.31. The third kappa shape index (κ3) is 2.82. The predicted octanol–water partition coefficient (Wildman–Crippen LogP) is 3.68. The molecule has 21 heavy (non-hydrogen) atoms. The van der Waals surface area contributed by atoms with Gasteiger partial charge < -0.3 is 4.90 Å². The topological polar surface area (TPSA) is 33.2 Å². The molecule has 0 N–H and O–H groups in total. The summed E-state index contributed by atoms with van der Waals surface area (Å²) >= 11 is 0. The molecule has 0 aliphatic carbocycles. The molecule has 1 atom stereocenters. The van der Waals surface area contributed by atoms with Gasteiger partial charge in [-0.3, -0.25) is 9.78 Å². The monoisotopic (exact) mass is 280 g/mol.